The molecule has 0 radical (unpaired) electrons. The van der Waals surface area contributed by atoms with Gasteiger partial charge in [0.25, 0.3) is 0 Å². The monoisotopic (exact) mass is 140 g/mol. The predicted molar refractivity (Wildman–Crippen MR) is 33.5 cm³/mol. The Morgan fingerprint density at radius 1 is 1.60 bits per heavy atom. The molecule has 2 rings (SSSR count). The highest BCUT2D eigenvalue weighted by Crippen LogP contribution is 2.28. The van der Waals surface area contributed by atoms with Gasteiger partial charge in [0.1, 0.15) is 0 Å². The molecule has 1 aromatic rings. The van der Waals surface area contributed by atoms with Gasteiger partial charge in [-0.1, -0.05) is 0 Å². The van der Waals surface area contributed by atoms with Crippen molar-refractivity contribution in [3.63, 3.8) is 0 Å². The lowest BCUT2D eigenvalue weighted by atomic mass is 9.93. The van der Waals surface area contributed by atoms with Gasteiger partial charge in [0, 0.05) is 0 Å². The average Bonchev–Trinajstić information content (AvgIpc) is 2.12. The van der Waals surface area contributed by atoms with Gasteiger partial charge in [0.05, 0.1) is 6.04 Å². The van der Waals surface area contributed by atoms with Crippen LogP contribution in [0.4, 0.5) is 0 Å². The number of nitrogens with zero attached hydrogens (tertiary/aromatic N) is 3. The number of H-pyrrole nitrogens is 1. The van der Waals surface area contributed by atoms with Gasteiger partial charge in [-0.15, -0.1) is 0 Å². The molecule has 1 N–H and O–H groups in total. The van der Waals surface area contributed by atoms with E-state index in [2.05, 4.69) is 15.5 Å². The van der Waals surface area contributed by atoms with Crippen LogP contribution in [0.1, 0.15) is 25.3 Å². The normalized spacial score (nSPS) is 18.8. The minimum atomic E-state index is -0.190. The van der Waals surface area contributed by atoms with Crippen LogP contribution < -0.4 is 5.69 Å². The average molecular weight is 140 g/mol. The molecule has 1 heterocycles. The summed E-state index contributed by atoms with van der Waals surface area (Å²) in [5.41, 5.74) is -0.190. The van der Waals surface area contributed by atoms with Crippen LogP contribution in [0.25, 0.3) is 0 Å². The molecule has 1 aromatic heterocycles. The van der Waals surface area contributed by atoms with Crippen molar-refractivity contribution in [1.29, 1.82) is 0 Å². The number of nitrogens with one attached hydrogen (secondary N) is 1. The lowest BCUT2D eigenvalue weighted by Gasteiger charge is -2.23. The predicted octanol–water partition coefficient (Wildman–Crippen LogP) is -0.309. The van der Waals surface area contributed by atoms with Crippen LogP contribution in [0.15, 0.2) is 4.79 Å². The first-order valence-corrected chi connectivity index (χ1v) is 3.38. The first kappa shape index (κ1) is 5.64. The zero-order valence-corrected chi connectivity index (χ0v) is 5.45. The second kappa shape index (κ2) is 1.93. The van der Waals surface area contributed by atoms with Crippen LogP contribution in [-0.4, -0.2) is 20.2 Å². The number of aromatic nitrogens is 4. The molecule has 0 atom stereocenters. The fraction of sp³-hybridized carbons (Fsp3) is 0.800. The molecule has 10 heavy (non-hydrogen) atoms. The van der Waals surface area contributed by atoms with Crippen LogP contribution in [-0.2, 0) is 0 Å². The Bertz CT molecular complexity index is 271. The van der Waals surface area contributed by atoms with Gasteiger partial charge >= 0.3 is 5.69 Å². The molecule has 0 spiro atoms. The van der Waals surface area contributed by atoms with Crippen LogP contribution in [0.3, 0.4) is 0 Å². The minimum absolute atomic E-state index is 0.190. The van der Waals surface area contributed by atoms with Crippen LogP contribution in [0, 0.1) is 0 Å². The lowest BCUT2D eigenvalue weighted by Crippen LogP contribution is -2.27. The van der Waals surface area contributed by atoms with Crippen molar-refractivity contribution in [2.45, 2.75) is 25.3 Å². The van der Waals surface area contributed by atoms with Crippen LogP contribution in [0.5, 0.6) is 0 Å². The number of aromatic amines is 1. The third kappa shape index (κ3) is 0.665. The first-order valence-electron chi connectivity index (χ1n) is 3.38. The molecule has 0 aromatic carbocycles. The molecule has 0 amide bonds. The van der Waals surface area contributed by atoms with E-state index in [-0.39, 0.29) is 5.69 Å². The number of rotatable bonds is 1. The fourth-order valence-electron chi connectivity index (χ4n) is 1.08. The summed E-state index contributed by atoms with van der Waals surface area (Å²) in [6, 6.07) is 0.311. The van der Waals surface area contributed by atoms with Gasteiger partial charge < -0.3 is 0 Å². The van der Waals surface area contributed by atoms with Gasteiger partial charge in [0.15, 0.2) is 0 Å². The SMILES string of the molecule is O=c1[nH]nnn1C1CCC1. The molecule has 1 aliphatic carbocycles. The molecular weight excluding hydrogens is 132 g/mol. The molecule has 0 bridgehead atoms. The highest BCUT2D eigenvalue weighted by molar-refractivity contribution is 4.74. The Kier molecular flexibility index (Phi) is 1.09. The molecule has 0 aliphatic heterocycles. The second-order valence-corrected chi connectivity index (χ2v) is 2.54. The summed E-state index contributed by atoms with van der Waals surface area (Å²) in [6.45, 7) is 0. The summed E-state index contributed by atoms with van der Waals surface area (Å²) in [7, 11) is 0. The van der Waals surface area contributed by atoms with E-state index in [1.165, 1.54) is 11.1 Å². The van der Waals surface area contributed by atoms with Crippen molar-refractivity contribution in [3.8, 4) is 0 Å². The minimum Gasteiger partial charge on any atom is -0.245 e. The highest BCUT2D eigenvalue weighted by Gasteiger charge is 2.21. The summed E-state index contributed by atoms with van der Waals surface area (Å²) in [4.78, 5) is 10.8. The molecule has 1 saturated carbocycles. The highest BCUT2D eigenvalue weighted by atomic mass is 16.2. The summed E-state index contributed by atoms with van der Waals surface area (Å²) in [5, 5.41) is 9.30. The maximum Gasteiger partial charge on any atom is 0.361 e. The first-order chi connectivity index (χ1) is 4.88. The maximum atomic E-state index is 10.8. The summed E-state index contributed by atoms with van der Waals surface area (Å²) < 4.78 is 1.42. The third-order valence-electron chi connectivity index (χ3n) is 1.92. The Morgan fingerprint density at radius 3 is 2.80 bits per heavy atom. The molecule has 1 aliphatic rings. The van der Waals surface area contributed by atoms with Gasteiger partial charge in [0.2, 0.25) is 0 Å². The van der Waals surface area contributed by atoms with E-state index in [0.717, 1.165) is 12.8 Å². The molecular formula is C5H8N4O. The van der Waals surface area contributed by atoms with Crippen molar-refractivity contribution in [2.24, 2.45) is 0 Å². The number of hydrogen-bond acceptors (Lipinski definition) is 3. The van der Waals surface area contributed by atoms with Crippen molar-refractivity contribution >= 4 is 0 Å². The van der Waals surface area contributed by atoms with E-state index in [4.69, 9.17) is 0 Å². The van der Waals surface area contributed by atoms with Crippen LogP contribution >= 0.6 is 0 Å². The van der Waals surface area contributed by atoms with Gasteiger partial charge in [-0.25, -0.2) is 9.89 Å². The van der Waals surface area contributed by atoms with Gasteiger partial charge in [-0.05, 0) is 29.7 Å². The van der Waals surface area contributed by atoms with E-state index in [1.54, 1.807) is 0 Å². The summed E-state index contributed by atoms with van der Waals surface area (Å²) >= 11 is 0. The summed E-state index contributed by atoms with van der Waals surface area (Å²) in [6.07, 6.45) is 3.32. The largest absolute Gasteiger partial charge is 0.361 e. The molecule has 5 heteroatoms. The number of hydrogen-bond donors (Lipinski definition) is 1. The Balaban J connectivity index is 2.32. The Hall–Kier alpha value is -1.13. The third-order valence-corrected chi connectivity index (χ3v) is 1.92. The second-order valence-electron chi connectivity index (χ2n) is 2.54. The van der Waals surface area contributed by atoms with E-state index < -0.39 is 0 Å². The lowest BCUT2D eigenvalue weighted by molar-refractivity contribution is 0.278. The topological polar surface area (TPSA) is 63.6 Å². The van der Waals surface area contributed by atoms with E-state index in [0.29, 0.717) is 6.04 Å². The van der Waals surface area contributed by atoms with Crippen molar-refractivity contribution < 1.29 is 0 Å². The zero-order valence-electron chi connectivity index (χ0n) is 5.45. The zero-order chi connectivity index (χ0) is 6.97. The van der Waals surface area contributed by atoms with Crippen LogP contribution in [0.2, 0.25) is 0 Å². The molecule has 5 nitrogen and oxygen atoms in total. The number of tetrazole rings is 1. The molecule has 1 fully saturated rings. The molecule has 54 valence electrons. The Labute approximate surface area is 57.0 Å². The molecule has 0 unspecified atom stereocenters. The van der Waals surface area contributed by atoms with E-state index >= 15 is 0 Å². The van der Waals surface area contributed by atoms with E-state index in [1.807, 2.05) is 0 Å². The van der Waals surface area contributed by atoms with Crippen molar-refractivity contribution in [2.75, 3.05) is 0 Å². The van der Waals surface area contributed by atoms with Gasteiger partial charge in [-0.3, -0.25) is 0 Å². The van der Waals surface area contributed by atoms with Crippen molar-refractivity contribution in [3.05, 3.63) is 10.5 Å². The Morgan fingerprint density at radius 2 is 2.40 bits per heavy atom. The van der Waals surface area contributed by atoms with E-state index in [9.17, 15) is 4.79 Å². The summed E-state index contributed by atoms with van der Waals surface area (Å²) in [5.74, 6) is 0. The van der Waals surface area contributed by atoms with Gasteiger partial charge in [-0.2, -0.15) is 4.68 Å². The maximum absolute atomic E-state index is 10.8. The quantitative estimate of drug-likeness (QED) is 0.582. The molecule has 0 saturated heterocycles. The fourth-order valence-corrected chi connectivity index (χ4v) is 1.08. The van der Waals surface area contributed by atoms with Crippen molar-refractivity contribution in [1.82, 2.24) is 20.2 Å². The smallest absolute Gasteiger partial charge is 0.245 e. The standard InChI is InChI=1S/C5H8N4O/c10-5-6-7-8-9(5)4-2-1-3-4/h4H,1-3H2,(H,6,8,10).